The van der Waals surface area contributed by atoms with Gasteiger partial charge in [-0.2, -0.15) is 4.72 Å². The predicted molar refractivity (Wildman–Crippen MR) is 143 cm³/mol. The van der Waals surface area contributed by atoms with Gasteiger partial charge in [0.15, 0.2) is 11.7 Å². The summed E-state index contributed by atoms with van der Waals surface area (Å²) in [6.45, 7) is 3.91. The molecule has 3 aromatic rings. The van der Waals surface area contributed by atoms with Gasteiger partial charge in [0.25, 0.3) is 5.91 Å². The average Bonchev–Trinajstić information content (AvgIpc) is 3.35. The molecule has 3 N–H and O–H groups in total. The van der Waals surface area contributed by atoms with Crippen molar-refractivity contribution in [3.8, 4) is 22.8 Å². The summed E-state index contributed by atoms with van der Waals surface area (Å²) in [5.41, 5.74) is 1.44. The quantitative estimate of drug-likeness (QED) is 0.434. The molecule has 0 saturated heterocycles. The molecular weight excluding hydrogens is 524 g/mol. The molecule has 0 bridgehead atoms. The van der Waals surface area contributed by atoms with Gasteiger partial charge in [-0.15, -0.1) is 0 Å². The van der Waals surface area contributed by atoms with Crippen LogP contribution in [0.2, 0.25) is 0 Å². The lowest BCUT2D eigenvalue weighted by Crippen LogP contribution is -2.47. The van der Waals surface area contributed by atoms with Crippen molar-refractivity contribution >= 4 is 21.8 Å². The van der Waals surface area contributed by atoms with Gasteiger partial charge in [0.05, 0.1) is 30.3 Å². The van der Waals surface area contributed by atoms with Crippen molar-refractivity contribution in [3.05, 3.63) is 59.6 Å². The minimum atomic E-state index is -4.07. The monoisotopic (exact) mass is 556 g/mol. The van der Waals surface area contributed by atoms with Crippen LogP contribution in [-0.2, 0) is 14.8 Å². The molecule has 39 heavy (non-hydrogen) atoms. The molecule has 0 fully saturated rings. The Balaban J connectivity index is 1.51. The molecule has 0 aliphatic carbocycles. The maximum atomic E-state index is 13.4. The molecule has 1 atom stereocenters. The maximum Gasteiger partial charge on any atom is 0.255 e. The summed E-state index contributed by atoms with van der Waals surface area (Å²) in [5.74, 6) is 1.01. The number of hydrogen-bond donors (Lipinski definition) is 3. The molecule has 208 valence electrons. The SMILES string of the molecule is COc1ccc2c(c1)OCCNC(=O)[C@@H](NS(=O)(=O)c1cc(-c3cnc(C)o3)ccc1C)CCCCNC2=O. The fourth-order valence-corrected chi connectivity index (χ4v) is 5.70. The number of nitrogens with zero attached hydrogens (tertiary/aromatic N) is 1. The number of methoxy groups -OCH3 is 1. The second-order valence-electron chi connectivity index (χ2n) is 9.15. The number of amides is 2. The Morgan fingerprint density at radius 2 is 1.87 bits per heavy atom. The van der Waals surface area contributed by atoms with E-state index in [1.807, 2.05) is 0 Å². The number of hydrogen-bond acceptors (Lipinski definition) is 8. The molecule has 0 unspecified atom stereocenters. The first-order valence-corrected chi connectivity index (χ1v) is 14.1. The van der Waals surface area contributed by atoms with E-state index in [2.05, 4.69) is 20.3 Å². The molecule has 0 saturated carbocycles. The number of rotatable bonds is 5. The van der Waals surface area contributed by atoms with Gasteiger partial charge in [-0.3, -0.25) is 9.59 Å². The zero-order chi connectivity index (χ0) is 28.0. The Hall–Kier alpha value is -3.90. The van der Waals surface area contributed by atoms with E-state index in [4.69, 9.17) is 13.9 Å². The van der Waals surface area contributed by atoms with Crippen molar-refractivity contribution < 1.29 is 31.9 Å². The third-order valence-electron chi connectivity index (χ3n) is 6.29. The van der Waals surface area contributed by atoms with Gasteiger partial charge in [-0.05, 0) is 49.9 Å². The van der Waals surface area contributed by atoms with Crippen molar-refractivity contribution in [1.29, 1.82) is 0 Å². The molecule has 2 aromatic carbocycles. The first kappa shape index (κ1) is 28.1. The van der Waals surface area contributed by atoms with E-state index >= 15 is 0 Å². The molecule has 0 spiro atoms. The summed E-state index contributed by atoms with van der Waals surface area (Å²) in [4.78, 5) is 29.9. The molecule has 11 nitrogen and oxygen atoms in total. The minimum absolute atomic E-state index is 0.0439. The highest BCUT2D eigenvalue weighted by molar-refractivity contribution is 7.89. The van der Waals surface area contributed by atoms with Crippen molar-refractivity contribution in [3.63, 3.8) is 0 Å². The summed E-state index contributed by atoms with van der Waals surface area (Å²) in [5, 5.41) is 5.59. The zero-order valence-corrected chi connectivity index (χ0v) is 22.9. The molecule has 1 aromatic heterocycles. The lowest BCUT2D eigenvalue weighted by atomic mass is 10.1. The van der Waals surface area contributed by atoms with Gasteiger partial charge in [0.1, 0.15) is 24.1 Å². The van der Waals surface area contributed by atoms with E-state index in [1.54, 1.807) is 44.2 Å². The Morgan fingerprint density at radius 1 is 1.05 bits per heavy atom. The number of fused-ring (bicyclic) bond motifs is 1. The van der Waals surface area contributed by atoms with Crippen LogP contribution in [0, 0.1) is 13.8 Å². The normalized spacial score (nSPS) is 17.3. The van der Waals surface area contributed by atoms with Crippen molar-refractivity contribution in [2.75, 3.05) is 26.8 Å². The summed E-state index contributed by atoms with van der Waals surface area (Å²) >= 11 is 0. The number of aryl methyl sites for hydroxylation is 2. The zero-order valence-electron chi connectivity index (χ0n) is 22.1. The number of carbonyl (C=O) groups excluding carboxylic acids is 2. The highest BCUT2D eigenvalue weighted by atomic mass is 32.2. The molecular formula is C27H32N4O7S. The largest absolute Gasteiger partial charge is 0.497 e. The van der Waals surface area contributed by atoms with Crippen LogP contribution in [-0.4, -0.2) is 58.1 Å². The number of sulfonamides is 1. The molecule has 2 heterocycles. The van der Waals surface area contributed by atoms with Crippen LogP contribution in [0.15, 0.2) is 51.9 Å². The fourth-order valence-electron chi connectivity index (χ4n) is 4.20. The van der Waals surface area contributed by atoms with Crippen LogP contribution in [0.5, 0.6) is 11.5 Å². The Bertz CT molecular complexity index is 1450. The Kier molecular flexibility index (Phi) is 8.87. The molecule has 0 radical (unpaired) electrons. The smallest absolute Gasteiger partial charge is 0.255 e. The summed E-state index contributed by atoms with van der Waals surface area (Å²) < 4.78 is 46.0. The van der Waals surface area contributed by atoms with Gasteiger partial charge in [-0.25, -0.2) is 13.4 Å². The fraction of sp³-hybridized carbons (Fsp3) is 0.370. The van der Waals surface area contributed by atoms with Crippen molar-refractivity contribution in [2.24, 2.45) is 0 Å². The van der Waals surface area contributed by atoms with E-state index in [1.165, 1.54) is 19.4 Å². The molecule has 1 aliphatic heterocycles. The number of ether oxygens (including phenoxy) is 2. The topological polar surface area (TPSA) is 149 Å². The summed E-state index contributed by atoms with van der Waals surface area (Å²) in [7, 11) is -2.56. The lowest BCUT2D eigenvalue weighted by molar-refractivity contribution is -0.123. The van der Waals surface area contributed by atoms with E-state index in [-0.39, 0.29) is 30.4 Å². The molecule has 12 heteroatoms. The van der Waals surface area contributed by atoms with Crippen LogP contribution < -0.4 is 24.8 Å². The van der Waals surface area contributed by atoms with Crippen LogP contribution in [0.25, 0.3) is 11.3 Å². The van der Waals surface area contributed by atoms with E-state index in [0.717, 1.165) is 0 Å². The highest BCUT2D eigenvalue weighted by Crippen LogP contribution is 2.27. The predicted octanol–water partition coefficient (Wildman–Crippen LogP) is 2.72. The number of oxazole rings is 1. The van der Waals surface area contributed by atoms with E-state index in [0.29, 0.717) is 59.2 Å². The Morgan fingerprint density at radius 3 is 2.62 bits per heavy atom. The average molecular weight is 557 g/mol. The molecule has 2 amide bonds. The Labute approximate surface area is 227 Å². The maximum absolute atomic E-state index is 13.4. The van der Waals surface area contributed by atoms with E-state index < -0.39 is 22.0 Å². The first-order valence-electron chi connectivity index (χ1n) is 12.6. The number of nitrogens with one attached hydrogen (secondary N) is 3. The van der Waals surface area contributed by atoms with E-state index in [9.17, 15) is 18.0 Å². The van der Waals surface area contributed by atoms with Gasteiger partial charge >= 0.3 is 0 Å². The highest BCUT2D eigenvalue weighted by Gasteiger charge is 2.27. The number of benzene rings is 2. The molecule has 1 aliphatic rings. The summed E-state index contributed by atoms with van der Waals surface area (Å²) in [6, 6.07) is 8.83. The van der Waals surface area contributed by atoms with Crippen LogP contribution in [0.4, 0.5) is 0 Å². The standard InChI is InChI=1S/C27H32N4O7S/c1-17-7-8-19(24-16-30-18(2)38-24)14-25(17)39(34,35)31-22-6-4-5-11-28-26(32)21-10-9-20(36-3)15-23(21)37-13-12-29-27(22)33/h7-10,14-16,22,31H,4-6,11-13H2,1-3H3,(H,28,32)(H,29,33)/t22-/m0/s1. The van der Waals surface area contributed by atoms with Gasteiger partial charge in [-0.1, -0.05) is 12.1 Å². The van der Waals surface area contributed by atoms with Gasteiger partial charge in [0, 0.05) is 25.1 Å². The van der Waals surface area contributed by atoms with Gasteiger partial charge < -0.3 is 24.5 Å². The molecule has 4 rings (SSSR count). The van der Waals surface area contributed by atoms with Gasteiger partial charge in [0.2, 0.25) is 15.9 Å². The first-order chi connectivity index (χ1) is 18.7. The second kappa shape index (κ2) is 12.3. The number of carbonyl (C=O) groups is 2. The minimum Gasteiger partial charge on any atom is -0.497 e. The number of aromatic nitrogens is 1. The van der Waals surface area contributed by atoms with Crippen molar-refractivity contribution in [1.82, 2.24) is 20.3 Å². The second-order valence-corrected chi connectivity index (χ2v) is 10.8. The van der Waals surface area contributed by atoms with Crippen LogP contribution in [0.1, 0.15) is 41.1 Å². The van der Waals surface area contributed by atoms with Crippen LogP contribution in [0.3, 0.4) is 0 Å². The van der Waals surface area contributed by atoms with Crippen molar-refractivity contribution in [2.45, 2.75) is 44.0 Å². The summed E-state index contributed by atoms with van der Waals surface area (Å²) in [6.07, 6.45) is 2.83. The third kappa shape index (κ3) is 6.95. The lowest BCUT2D eigenvalue weighted by Gasteiger charge is -2.20. The third-order valence-corrected chi connectivity index (χ3v) is 7.91. The van der Waals surface area contributed by atoms with Crippen LogP contribution >= 0.6 is 0 Å².